The number of nitrogens with one attached hydrogen (secondary N) is 1. The van der Waals surface area contributed by atoms with Gasteiger partial charge < -0.3 is 10.8 Å². The van der Waals surface area contributed by atoms with E-state index in [0.29, 0.717) is 5.56 Å². The molecule has 0 heterocycles. The number of hydrogen-bond acceptors (Lipinski definition) is 4. The van der Waals surface area contributed by atoms with Gasteiger partial charge in [-0.1, -0.05) is 26.0 Å². The molecular weight excluding hydrogens is 264 g/mol. The summed E-state index contributed by atoms with van der Waals surface area (Å²) in [4.78, 5) is 0.103. The first-order chi connectivity index (χ1) is 8.70. The van der Waals surface area contributed by atoms with Crippen LogP contribution in [0.4, 0.5) is 5.69 Å². The van der Waals surface area contributed by atoms with Crippen molar-refractivity contribution in [3.8, 4) is 0 Å². The summed E-state index contributed by atoms with van der Waals surface area (Å²) in [5.74, 6) is -0.00823. The van der Waals surface area contributed by atoms with Crippen LogP contribution in [0.25, 0.3) is 0 Å². The molecule has 0 aliphatic carbocycles. The predicted octanol–water partition coefficient (Wildman–Crippen LogP) is 1.18. The van der Waals surface area contributed by atoms with Gasteiger partial charge in [-0.25, -0.2) is 13.1 Å². The first-order valence-electron chi connectivity index (χ1n) is 6.19. The standard InChI is InChI=1S/C13H22N2O3S/c1-8(2)11(7-16)15-19(17,18)13-10(4)6-5-9(3)12(13)14/h5-6,8,11,15-16H,7,14H2,1-4H3. The molecule has 0 aliphatic rings. The molecule has 0 amide bonds. The molecule has 19 heavy (non-hydrogen) atoms. The monoisotopic (exact) mass is 286 g/mol. The Morgan fingerprint density at radius 1 is 1.26 bits per heavy atom. The van der Waals surface area contributed by atoms with Gasteiger partial charge in [-0.2, -0.15) is 0 Å². The topological polar surface area (TPSA) is 92.4 Å². The van der Waals surface area contributed by atoms with E-state index in [-0.39, 0.29) is 23.1 Å². The Kier molecular flexibility index (Phi) is 4.95. The van der Waals surface area contributed by atoms with Crippen LogP contribution in [0.2, 0.25) is 0 Å². The van der Waals surface area contributed by atoms with E-state index in [9.17, 15) is 13.5 Å². The van der Waals surface area contributed by atoms with E-state index < -0.39 is 16.1 Å². The molecule has 0 spiro atoms. The maximum Gasteiger partial charge on any atom is 0.243 e. The van der Waals surface area contributed by atoms with Gasteiger partial charge in [-0.3, -0.25) is 0 Å². The number of aryl methyl sites for hydroxylation is 2. The maximum atomic E-state index is 12.4. The Hall–Kier alpha value is -1.11. The van der Waals surface area contributed by atoms with Crippen molar-refractivity contribution in [2.24, 2.45) is 5.92 Å². The van der Waals surface area contributed by atoms with Crippen LogP contribution in [0.15, 0.2) is 17.0 Å². The number of aliphatic hydroxyl groups excluding tert-OH is 1. The average Bonchev–Trinajstić information content (AvgIpc) is 2.30. The lowest BCUT2D eigenvalue weighted by Gasteiger charge is -2.21. The summed E-state index contributed by atoms with van der Waals surface area (Å²) in [6.45, 7) is 6.90. The third kappa shape index (κ3) is 3.46. The lowest BCUT2D eigenvalue weighted by atomic mass is 10.1. The third-order valence-corrected chi connectivity index (χ3v) is 4.88. The second kappa shape index (κ2) is 5.90. The van der Waals surface area contributed by atoms with Crippen molar-refractivity contribution >= 4 is 15.7 Å². The lowest BCUT2D eigenvalue weighted by molar-refractivity contribution is 0.227. The molecule has 0 saturated heterocycles. The molecule has 0 aromatic heterocycles. The Bertz CT molecular complexity index is 553. The number of anilines is 1. The van der Waals surface area contributed by atoms with Crippen LogP contribution in [0.5, 0.6) is 0 Å². The number of hydrogen-bond donors (Lipinski definition) is 3. The molecule has 1 unspecified atom stereocenters. The van der Waals surface area contributed by atoms with E-state index in [0.717, 1.165) is 5.56 Å². The number of aliphatic hydroxyl groups is 1. The molecule has 108 valence electrons. The third-order valence-electron chi connectivity index (χ3n) is 3.19. The van der Waals surface area contributed by atoms with Gasteiger partial charge in [-0.05, 0) is 30.9 Å². The van der Waals surface area contributed by atoms with Crippen molar-refractivity contribution in [2.45, 2.75) is 38.6 Å². The second-order valence-electron chi connectivity index (χ2n) is 5.10. The summed E-state index contributed by atoms with van der Waals surface area (Å²) < 4.78 is 27.3. The van der Waals surface area contributed by atoms with Crippen LogP contribution >= 0.6 is 0 Å². The van der Waals surface area contributed by atoms with Gasteiger partial charge in [0, 0.05) is 6.04 Å². The fourth-order valence-electron chi connectivity index (χ4n) is 1.81. The van der Waals surface area contributed by atoms with Crippen LogP contribution in [0, 0.1) is 19.8 Å². The average molecular weight is 286 g/mol. The molecule has 6 heteroatoms. The van der Waals surface area contributed by atoms with Gasteiger partial charge in [0.25, 0.3) is 0 Å². The van der Waals surface area contributed by atoms with Gasteiger partial charge in [-0.15, -0.1) is 0 Å². The van der Waals surface area contributed by atoms with Crippen LogP contribution in [-0.2, 0) is 10.0 Å². The van der Waals surface area contributed by atoms with Crippen molar-refractivity contribution in [1.82, 2.24) is 4.72 Å². The highest BCUT2D eigenvalue weighted by Gasteiger charge is 2.25. The lowest BCUT2D eigenvalue weighted by Crippen LogP contribution is -2.41. The van der Waals surface area contributed by atoms with E-state index in [1.165, 1.54) is 0 Å². The minimum atomic E-state index is -3.74. The van der Waals surface area contributed by atoms with E-state index in [4.69, 9.17) is 5.73 Å². The van der Waals surface area contributed by atoms with Crippen LogP contribution in [0.1, 0.15) is 25.0 Å². The summed E-state index contributed by atoms with van der Waals surface area (Å²) >= 11 is 0. The van der Waals surface area contributed by atoms with Gasteiger partial charge >= 0.3 is 0 Å². The Balaban J connectivity index is 3.25. The highest BCUT2D eigenvalue weighted by molar-refractivity contribution is 7.89. The Morgan fingerprint density at radius 3 is 2.26 bits per heavy atom. The van der Waals surface area contributed by atoms with Crippen molar-refractivity contribution < 1.29 is 13.5 Å². The van der Waals surface area contributed by atoms with Gasteiger partial charge in [0.2, 0.25) is 10.0 Å². The fourth-order valence-corrected chi connectivity index (χ4v) is 3.61. The van der Waals surface area contributed by atoms with Crippen LogP contribution in [0.3, 0.4) is 0 Å². The maximum absolute atomic E-state index is 12.4. The first kappa shape index (κ1) is 15.9. The van der Waals surface area contributed by atoms with Crippen LogP contribution < -0.4 is 10.5 Å². The molecule has 1 aromatic rings. The highest BCUT2D eigenvalue weighted by atomic mass is 32.2. The summed E-state index contributed by atoms with van der Waals surface area (Å²) in [5, 5.41) is 9.24. The SMILES string of the molecule is Cc1ccc(C)c(S(=O)(=O)NC(CO)C(C)C)c1N. The number of sulfonamides is 1. The number of nitrogen functional groups attached to an aromatic ring is 1. The molecule has 0 saturated carbocycles. The summed E-state index contributed by atoms with van der Waals surface area (Å²) in [5.41, 5.74) is 7.45. The second-order valence-corrected chi connectivity index (χ2v) is 6.75. The zero-order valence-corrected chi connectivity index (χ0v) is 12.6. The summed E-state index contributed by atoms with van der Waals surface area (Å²) in [6.07, 6.45) is 0. The molecule has 1 rings (SSSR count). The van der Waals surface area contributed by atoms with Gasteiger partial charge in [0.05, 0.1) is 12.3 Å². The number of rotatable bonds is 5. The molecule has 5 nitrogen and oxygen atoms in total. The van der Waals surface area contributed by atoms with E-state index in [1.54, 1.807) is 26.0 Å². The summed E-state index contributed by atoms with van der Waals surface area (Å²) in [6, 6.07) is 2.99. The molecule has 1 atom stereocenters. The minimum absolute atomic E-state index is 0.00823. The zero-order valence-electron chi connectivity index (χ0n) is 11.8. The fraction of sp³-hybridized carbons (Fsp3) is 0.538. The van der Waals surface area contributed by atoms with Crippen LogP contribution in [-0.4, -0.2) is 26.2 Å². The minimum Gasteiger partial charge on any atom is -0.397 e. The Morgan fingerprint density at radius 2 is 1.79 bits per heavy atom. The number of benzene rings is 1. The first-order valence-corrected chi connectivity index (χ1v) is 7.68. The quantitative estimate of drug-likeness (QED) is 0.709. The Labute approximate surface area is 114 Å². The molecule has 0 radical (unpaired) electrons. The molecule has 0 aliphatic heterocycles. The largest absolute Gasteiger partial charge is 0.397 e. The van der Waals surface area contributed by atoms with E-state index >= 15 is 0 Å². The zero-order chi connectivity index (χ0) is 14.8. The van der Waals surface area contributed by atoms with E-state index in [2.05, 4.69) is 4.72 Å². The summed E-state index contributed by atoms with van der Waals surface area (Å²) in [7, 11) is -3.74. The molecule has 1 aromatic carbocycles. The molecule has 0 fully saturated rings. The van der Waals surface area contributed by atoms with E-state index in [1.807, 2.05) is 13.8 Å². The highest BCUT2D eigenvalue weighted by Crippen LogP contribution is 2.26. The molecule has 0 bridgehead atoms. The molecule has 4 N–H and O–H groups in total. The van der Waals surface area contributed by atoms with Gasteiger partial charge in [0.1, 0.15) is 4.90 Å². The van der Waals surface area contributed by atoms with Gasteiger partial charge in [0.15, 0.2) is 0 Å². The smallest absolute Gasteiger partial charge is 0.243 e. The van der Waals surface area contributed by atoms with Crippen molar-refractivity contribution in [2.75, 3.05) is 12.3 Å². The number of nitrogens with two attached hydrogens (primary N) is 1. The van der Waals surface area contributed by atoms with Crippen molar-refractivity contribution in [1.29, 1.82) is 0 Å². The predicted molar refractivity (Wildman–Crippen MR) is 76.4 cm³/mol. The molecular formula is C13H22N2O3S. The van der Waals surface area contributed by atoms with Crippen molar-refractivity contribution in [3.63, 3.8) is 0 Å². The van der Waals surface area contributed by atoms with Crippen molar-refractivity contribution in [3.05, 3.63) is 23.3 Å². The normalized spacial score (nSPS) is 13.8.